The molecule has 0 unspecified atom stereocenters. The first kappa shape index (κ1) is 20.0. The first-order valence-corrected chi connectivity index (χ1v) is 9.13. The number of rotatable bonds is 5. The van der Waals surface area contributed by atoms with Crippen LogP contribution in [0.15, 0.2) is 29.3 Å². The topological polar surface area (TPSA) is 70.7 Å². The average molecular weight is 456 g/mol. The summed E-state index contributed by atoms with van der Waals surface area (Å²) in [5, 5.41) is 3.34. The Kier molecular flexibility index (Phi) is 7.99. The van der Waals surface area contributed by atoms with Crippen molar-refractivity contribution >= 4 is 35.8 Å². The molecule has 1 saturated heterocycles. The van der Waals surface area contributed by atoms with Crippen molar-refractivity contribution < 1.29 is 4.79 Å². The van der Waals surface area contributed by atoms with Gasteiger partial charge >= 0.3 is 0 Å². The summed E-state index contributed by atoms with van der Waals surface area (Å²) in [5.74, 6) is 0.818. The molecule has 1 aromatic carbocycles. The van der Waals surface area contributed by atoms with Crippen molar-refractivity contribution in [2.24, 2.45) is 10.7 Å². The van der Waals surface area contributed by atoms with Crippen LogP contribution in [0.25, 0.3) is 0 Å². The third-order valence-corrected chi connectivity index (χ3v) is 4.96. The highest BCUT2D eigenvalue weighted by atomic mass is 127. The van der Waals surface area contributed by atoms with E-state index >= 15 is 0 Å². The zero-order chi connectivity index (χ0) is 16.8. The van der Waals surface area contributed by atoms with E-state index in [2.05, 4.69) is 34.6 Å². The van der Waals surface area contributed by atoms with Crippen molar-refractivity contribution in [1.29, 1.82) is 0 Å². The van der Waals surface area contributed by atoms with Crippen LogP contribution in [-0.4, -0.2) is 29.4 Å². The van der Waals surface area contributed by atoms with E-state index in [9.17, 15) is 4.79 Å². The van der Waals surface area contributed by atoms with Crippen LogP contribution >= 0.6 is 24.0 Å². The maximum atomic E-state index is 11.7. The van der Waals surface area contributed by atoms with Gasteiger partial charge in [0.1, 0.15) is 0 Å². The normalized spacial score (nSPS) is 19.0. The van der Waals surface area contributed by atoms with Gasteiger partial charge in [-0.3, -0.25) is 4.79 Å². The van der Waals surface area contributed by atoms with E-state index in [1.54, 1.807) is 0 Å². The van der Waals surface area contributed by atoms with E-state index in [1.807, 2.05) is 4.90 Å². The summed E-state index contributed by atoms with van der Waals surface area (Å²) >= 11 is 0. The number of hydrogen-bond acceptors (Lipinski definition) is 2. The summed E-state index contributed by atoms with van der Waals surface area (Å²) in [6.07, 6.45) is 7.97. The monoisotopic (exact) mass is 456 g/mol. The number of nitrogens with two attached hydrogens (primary N) is 1. The molecule has 6 heteroatoms. The number of benzene rings is 1. The zero-order valence-corrected chi connectivity index (χ0v) is 17.1. The highest BCUT2D eigenvalue weighted by molar-refractivity contribution is 14.0. The number of nitrogens with zero attached hydrogens (tertiary/aromatic N) is 2. The second-order valence-electron chi connectivity index (χ2n) is 6.92. The summed E-state index contributed by atoms with van der Waals surface area (Å²) in [5.41, 5.74) is 8.31. The minimum Gasteiger partial charge on any atom is -0.370 e. The molecule has 0 atom stereocenters. The van der Waals surface area contributed by atoms with Gasteiger partial charge in [0, 0.05) is 25.6 Å². The van der Waals surface area contributed by atoms with E-state index < -0.39 is 0 Å². The first-order valence-electron chi connectivity index (χ1n) is 9.13. The van der Waals surface area contributed by atoms with Gasteiger partial charge in [-0.05, 0) is 30.4 Å². The number of carbonyl (C=O) groups is 1. The van der Waals surface area contributed by atoms with E-state index in [0.717, 1.165) is 18.5 Å². The second kappa shape index (κ2) is 9.99. The second-order valence-corrected chi connectivity index (χ2v) is 6.92. The molecule has 0 bridgehead atoms. The predicted octanol–water partition coefficient (Wildman–Crippen LogP) is 3.16. The summed E-state index contributed by atoms with van der Waals surface area (Å²) < 4.78 is 0. The van der Waals surface area contributed by atoms with Crippen LogP contribution in [0.4, 0.5) is 0 Å². The van der Waals surface area contributed by atoms with Gasteiger partial charge in [-0.2, -0.15) is 0 Å². The molecule has 0 spiro atoms. The Morgan fingerprint density at radius 1 is 1.12 bits per heavy atom. The van der Waals surface area contributed by atoms with Crippen molar-refractivity contribution in [1.82, 2.24) is 10.2 Å². The Bertz CT molecular complexity index is 582. The number of hydrogen-bond donors (Lipinski definition) is 2. The van der Waals surface area contributed by atoms with Crippen molar-refractivity contribution in [3.63, 3.8) is 0 Å². The lowest BCUT2D eigenvalue weighted by Crippen LogP contribution is -2.41. The molecule has 2 fully saturated rings. The van der Waals surface area contributed by atoms with E-state index in [1.165, 1.54) is 37.7 Å². The smallest absolute Gasteiger partial charge is 0.222 e. The third kappa shape index (κ3) is 6.17. The Hall–Kier alpha value is -1.31. The van der Waals surface area contributed by atoms with Gasteiger partial charge in [-0.1, -0.05) is 43.5 Å². The van der Waals surface area contributed by atoms with Gasteiger partial charge in [0.15, 0.2) is 5.96 Å². The lowest BCUT2D eigenvalue weighted by molar-refractivity contribution is -0.128. The fraction of sp³-hybridized carbons (Fsp3) is 0.579. The summed E-state index contributed by atoms with van der Waals surface area (Å²) in [4.78, 5) is 18.1. The number of halogens is 1. The van der Waals surface area contributed by atoms with Crippen molar-refractivity contribution in [3.8, 4) is 0 Å². The molecule has 1 aromatic rings. The van der Waals surface area contributed by atoms with Crippen LogP contribution in [0.1, 0.15) is 56.1 Å². The van der Waals surface area contributed by atoms with Gasteiger partial charge in [0.25, 0.3) is 0 Å². The molecule has 2 aliphatic rings. The van der Waals surface area contributed by atoms with Crippen LogP contribution in [0.3, 0.4) is 0 Å². The number of likely N-dealkylation sites (tertiary alicyclic amines) is 1. The molecule has 138 valence electrons. The molecule has 3 rings (SSSR count). The molecule has 1 saturated carbocycles. The third-order valence-electron chi connectivity index (χ3n) is 4.96. The average Bonchev–Trinajstić information content (AvgIpc) is 3.00. The lowest BCUT2D eigenvalue weighted by Gasteiger charge is -2.23. The Balaban J connectivity index is 0.00000225. The molecule has 25 heavy (non-hydrogen) atoms. The summed E-state index contributed by atoms with van der Waals surface area (Å²) in [6.45, 7) is 2.19. The highest BCUT2D eigenvalue weighted by Crippen LogP contribution is 2.17. The number of guanidine groups is 1. The standard InChI is InChI=1S/C19H28N4O.HI/c20-19(22-17-5-2-1-3-6-17)21-13-15-8-10-16(11-9-15)14-23-12-4-7-18(23)24;/h8-11,17H,1-7,12-14H2,(H3,20,21,22);1H. The number of amides is 1. The zero-order valence-electron chi connectivity index (χ0n) is 14.7. The molecule has 3 N–H and O–H groups in total. The van der Waals surface area contributed by atoms with Gasteiger partial charge in [-0.15, -0.1) is 24.0 Å². The fourth-order valence-corrected chi connectivity index (χ4v) is 3.52. The summed E-state index contributed by atoms with van der Waals surface area (Å²) in [7, 11) is 0. The Morgan fingerprint density at radius 2 is 1.80 bits per heavy atom. The van der Waals surface area contributed by atoms with Gasteiger partial charge in [0.2, 0.25) is 5.91 Å². The number of nitrogens with one attached hydrogen (secondary N) is 1. The maximum absolute atomic E-state index is 11.7. The van der Waals surface area contributed by atoms with Crippen LogP contribution in [0, 0.1) is 0 Å². The fourth-order valence-electron chi connectivity index (χ4n) is 3.52. The van der Waals surface area contributed by atoms with Crippen LogP contribution < -0.4 is 11.1 Å². The molecular weight excluding hydrogens is 427 g/mol. The predicted molar refractivity (Wildman–Crippen MR) is 112 cm³/mol. The minimum absolute atomic E-state index is 0. The first-order chi connectivity index (χ1) is 11.7. The van der Waals surface area contributed by atoms with E-state index in [-0.39, 0.29) is 29.9 Å². The quantitative estimate of drug-likeness (QED) is 0.406. The maximum Gasteiger partial charge on any atom is 0.222 e. The molecule has 1 amide bonds. The molecular formula is C19H29IN4O. The Labute approximate surface area is 167 Å². The van der Waals surface area contributed by atoms with Crippen molar-refractivity contribution in [3.05, 3.63) is 35.4 Å². The largest absolute Gasteiger partial charge is 0.370 e. The van der Waals surface area contributed by atoms with Crippen LogP contribution in [0.5, 0.6) is 0 Å². The highest BCUT2D eigenvalue weighted by Gasteiger charge is 2.19. The number of aliphatic imine (C=N–C) groups is 1. The van der Waals surface area contributed by atoms with E-state index in [4.69, 9.17) is 5.73 Å². The Morgan fingerprint density at radius 3 is 2.44 bits per heavy atom. The van der Waals surface area contributed by atoms with Gasteiger partial charge in [-0.25, -0.2) is 4.99 Å². The lowest BCUT2D eigenvalue weighted by atomic mass is 9.96. The molecule has 1 aliphatic carbocycles. The van der Waals surface area contributed by atoms with Gasteiger partial charge in [0.05, 0.1) is 6.54 Å². The SMILES string of the molecule is I.NC(=NCc1ccc(CN2CCCC2=O)cc1)NC1CCCCC1. The molecule has 0 aromatic heterocycles. The van der Waals surface area contributed by atoms with Crippen LogP contribution in [0.2, 0.25) is 0 Å². The summed E-state index contributed by atoms with van der Waals surface area (Å²) in [6, 6.07) is 8.81. The molecule has 1 heterocycles. The van der Waals surface area contributed by atoms with E-state index in [0.29, 0.717) is 31.5 Å². The number of carbonyl (C=O) groups excluding carboxylic acids is 1. The van der Waals surface area contributed by atoms with Gasteiger partial charge < -0.3 is 16.0 Å². The van der Waals surface area contributed by atoms with Crippen molar-refractivity contribution in [2.75, 3.05) is 6.54 Å². The molecule has 0 radical (unpaired) electrons. The molecule has 5 nitrogen and oxygen atoms in total. The molecule has 1 aliphatic heterocycles. The van der Waals surface area contributed by atoms with Crippen molar-refractivity contribution in [2.45, 2.75) is 64.1 Å². The minimum atomic E-state index is 0. The van der Waals surface area contributed by atoms with Crippen LogP contribution in [-0.2, 0) is 17.9 Å².